The number of nitrogens with two attached hydrogens (primary N) is 1. The molecule has 8 nitrogen and oxygen atoms in total. The van der Waals surface area contributed by atoms with Crippen molar-refractivity contribution in [2.45, 2.75) is 6.92 Å². The van der Waals surface area contributed by atoms with E-state index in [1.54, 1.807) is 13.1 Å². The zero-order valence-corrected chi connectivity index (χ0v) is 9.71. The fraction of sp³-hybridized carbons (Fsp3) is 0.333. The van der Waals surface area contributed by atoms with Gasteiger partial charge in [0.1, 0.15) is 5.82 Å². The van der Waals surface area contributed by atoms with Crippen LogP contribution in [-0.2, 0) is 14.1 Å². The number of rotatable bonds is 1. The van der Waals surface area contributed by atoms with Crippen LogP contribution < -0.4 is 17.0 Å². The van der Waals surface area contributed by atoms with Gasteiger partial charge in [0.15, 0.2) is 0 Å². The molecule has 0 aliphatic heterocycles. The van der Waals surface area contributed by atoms with Crippen molar-refractivity contribution in [3.8, 4) is 5.82 Å². The topological polar surface area (TPSA) is 101 Å². The number of hydrogen-bond donors (Lipinski definition) is 1. The second-order valence-corrected chi connectivity index (χ2v) is 3.74. The largest absolute Gasteiger partial charge is 0.382 e. The van der Waals surface area contributed by atoms with E-state index in [2.05, 4.69) is 10.2 Å². The molecule has 0 atom stereocenters. The molecule has 2 aromatic heterocycles. The smallest absolute Gasteiger partial charge is 0.346 e. The van der Waals surface area contributed by atoms with Crippen molar-refractivity contribution in [3.05, 3.63) is 32.6 Å². The SMILES string of the molecule is Cc1cn(-c2nn(C)c(=O)n(C)c2=O)nc1N. The maximum absolute atomic E-state index is 11.8. The Morgan fingerprint density at radius 3 is 2.41 bits per heavy atom. The van der Waals surface area contributed by atoms with Gasteiger partial charge >= 0.3 is 11.2 Å². The van der Waals surface area contributed by atoms with Gasteiger partial charge in [0.05, 0.1) is 0 Å². The van der Waals surface area contributed by atoms with Gasteiger partial charge in [0, 0.05) is 25.9 Å². The quantitative estimate of drug-likeness (QED) is 0.653. The van der Waals surface area contributed by atoms with Crippen LogP contribution in [0.1, 0.15) is 5.56 Å². The van der Waals surface area contributed by atoms with E-state index in [0.29, 0.717) is 5.82 Å². The highest BCUT2D eigenvalue weighted by Gasteiger charge is 2.12. The van der Waals surface area contributed by atoms with Gasteiger partial charge in [0.2, 0.25) is 5.82 Å². The lowest BCUT2D eigenvalue weighted by atomic mass is 10.4. The normalized spacial score (nSPS) is 10.8. The van der Waals surface area contributed by atoms with Gasteiger partial charge in [-0.2, -0.15) is 0 Å². The second kappa shape index (κ2) is 3.58. The summed E-state index contributed by atoms with van der Waals surface area (Å²) in [5.41, 5.74) is 5.33. The molecule has 0 saturated heterocycles. The van der Waals surface area contributed by atoms with Crippen molar-refractivity contribution in [1.82, 2.24) is 24.1 Å². The van der Waals surface area contributed by atoms with Crippen LogP contribution in [0.5, 0.6) is 0 Å². The molecular formula is C9H12N6O2. The summed E-state index contributed by atoms with van der Waals surface area (Å²) < 4.78 is 3.31. The van der Waals surface area contributed by atoms with Crippen LogP contribution in [0.3, 0.4) is 0 Å². The van der Waals surface area contributed by atoms with Crippen LogP contribution in [0, 0.1) is 6.92 Å². The number of nitrogens with zero attached hydrogens (tertiary/aromatic N) is 5. The third-order valence-electron chi connectivity index (χ3n) is 2.46. The zero-order valence-electron chi connectivity index (χ0n) is 9.71. The number of anilines is 1. The summed E-state index contributed by atoms with van der Waals surface area (Å²) in [6.07, 6.45) is 1.59. The minimum atomic E-state index is -0.518. The average Bonchev–Trinajstić information content (AvgIpc) is 2.61. The molecule has 2 aromatic rings. The Balaban J connectivity index is 2.77. The van der Waals surface area contributed by atoms with E-state index in [4.69, 9.17) is 5.73 Å². The van der Waals surface area contributed by atoms with Crippen molar-refractivity contribution >= 4 is 5.82 Å². The maximum atomic E-state index is 11.8. The molecule has 90 valence electrons. The van der Waals surface area contributed by atoms with E-state index >= 15 is 0 Å². The standard InChI is InChI=1S/C9H12N6O2/c1-5-4-15(11-6(5)10)7-8(16)13(2)9(17)14(3)12-7/h4H,1-3H3,(H2,10,11). The Morgan fingerprint density at radius 2 is 1.88 bits per heavy atom. The van der Waals surface area contributed by atoms with Gasteiger partial charge in [-0.1, -0.05) is 0 Å². The van der Waals surface area contributed by atoms with E-state index in [-0.39, 0.29) is 5.82 Å². The zero-order chi connectivity index (χ0) is 12.7. The predicted octanol–water partition coefficient (Wildman–Crippen LogP) is -1.44. The maximum Gasteiger partial charge on any atom is 0.346 e. The minimum absolute atomic E-state index is 0.0365. The second-order valence-electron chi connectivity index (χ2n) is 3.74. The van der Waals surface area contributed by atoms with E-state index in [9.17, 15) is 9.59 Å². The van der Waals surface area contributed by atoms with E-state index in [1.165, 1.54) is 18.8 Å². The molecule has 8 heteroatoms. The highest BCUT2D eigenvalue weighted by molar-refractivity contribution is 5.38. The highest BCUT2D eigenvalue weighted by Crippen LogP contribution is 2.07. The molecular weight excluding hydrogens is 224 g/mol. The van der Waals surface area contributed by atoms with E-state index in [0.717, 1.165) is 14.8 Å². The average molecular weight is 236 g/mol. The molecule has 0 radical (unpaired) electrons. The van der Waals surface area contributed by atoms with Crippen LogP contribution in [0.25, 0.3) is 5.82 Å². The Labute approximate surface area is 95.9 Å². The molecule has 0 amide bonds. The summed E-state index contributed by atoms with van der Waals surface area (Å²) in [5.74, 6) is 0.358. The number of aryl methyl sites for hydroxylation is 2. The Kier molecular flexibility index (Phi) is 2.34. The van der Waals surface area contributed by atoms with E-state index < -0.39 is 11.2 Å². The number of aromatic nitrogens is 5. The molecule has 0 unspecified atom stereocenters. The summed E-state index contributed by atoms with van der Waals surface area (Å²) >= 11 is 0. The van der Waals surface area contributed by atoms with Gasteiger partial charge in [-0.25, -0.2) is 14.2 Å². The lowest BCUT2D eigenvalue weighted by Crippen LogP contribution is -2.40. The molecule has 0 fully saturated rings. The third kappa shape index (κ3) is 1.63. The van der Waals surface area contributed by atoms with Crippen LogP contribution in [0.4, 0.5) is 5.82 Å². The lowest BCUT2D eigenvalue weighted by Gasteiger charge is -2.04. The van der Waals surface area contributed by atoms with Crippen LogP contribution in [0.15, 0.2) is 15.8 Å². The fourth-order valence-corrected chi connectivity index (χ4v) is 1.41. The van der Waals surface area contributed by atoms with Crippen LogP contribution in [0.2, 0.25) is 0 Å². The summed E-state index contributed by atoms with van der Waals surface area (Å²) in [5, 5.41) is 7.83. The predicted molar refractivity (Wildman–Crippen MR) is 61.0 cm³/mol. The van der Waals surface area contributed by atoms with Gasteiger partial charge < -0.3 is 5.73 Å². The minimum Gasteiger partial charge on any atom is -0.382 e. The molecule has 0 aliphatic carbocycles. The first kappa shape index (κ1) is 11.1. The lowest BCUT2D eigenvalue weighted by molar-refractivity contribution is 0.579. The Hall–Kier alpha value is -2.38. The molecule has 2 N–H and O–H groups in total. The molecule has 2 rings (SSSR count). The highest BCUT2D eigenvalue weighted by atomic mass is 16.2. The Bertz CT molecular complexity index is 673. The molecule has 0 bridgehead atoms. The summed E-state index contributed by atoms with van der Waals surface area (Å²) in [6, 6.07) is 0. The van der Waals surface area contributed by atoms with Gasteiger partial charge in [-0.05, 0) is 6.92 Å². The van der Waals surface area contributed by atoms with Crippen molar-refractivity contribution in [3.63, 3.8) is 0 Å². The van der Waals surface area contributed by atoms with Crippen LogP contribution in [-0.4, -0.2) is 24.1 Å². The molecule has 0 aromatic carbocycles. The van der Waals surface area contributed by atoms with Crippen LogP contribution >= 0.6 is 0 Å². The number of hydrogen-bond acceptors (Lipinski definition) is 5. The van der Waals surface area contributed by atoms with Crippen molar-refractivity contribution in [2.24, 2.45) is 14.1 Å². The van der Waals surface area contributed by atoms with E-state index in [1.807, 2.05) is 0 Å². The third-order valence-corrected chi connectivity index (χ3v) is 2.46. The Morgan fingerprint density at radius 1 is 1.24 bits per heavy atom. The molecule has 0 spiro atoms. The van der Waals surface area contributed by atoms with Gasteiger partial charge in [0.25, 0.3) is 0 Å². The molecule has 0 saturated carbocycles. The first-order valence-electron chi connectivity index (χ1n) is 4.88. The fourth-order valence-electron chi connectivity index (χ4n) is 1.41. The summed E-state index contributed by atoms with van der Waals surface area (Å²) in [6.45, 7) is 1.77. The van der Waals surface area contributed by atoms with Gasteiger partial charge in [-0.3, -0.25) is 9.36 Å². The van der Waals surface area contributed by atoms with Crippen molar-refractivity contribution < 1.29 is 0 Å². The first-order chi connectivity index (χ1) is 7.91. The van der Waals surface area contributed by atoms with Gasteiger partial charge in [-0.15, -0.1) is 10.2 Å². The summed E-state index contributed by atoms with van der Waals surface area (Å²) in [4.78, 5) is 23.3. The monoisotopic (exact) mass is 236 g/mol. The summed E-state index contributed by atoms with van der Waals surface area (Å²) in [7, 11) is 2.85. The van der Waals surface area contributed by atoms with Crippen molar-refractivity contribution in [2.75, 3.05) is 5.73 Å². The number of nitrogen functional groups attached to an aromatic ring is 1. The molecule has 2 heterocycles. The molecule has 17 heavy (non-hydrogen) atoms. The molecule has 0 aliphatic rings. The van der Waals surface area contributed by atoms with Crippen molar-refractivity contribution in [1.29, 1.82) is 0 Å². The first-order valence-corrected chi connectivity index (χ1v) is 4.88.